The highest BCUT2D eigenvalue weighted by molar-refractivity contribution is 7.90. The highest BCUT2D eigenvalue weighted by Gasteiger charge is 2.36. The maximum absolute atomic E-state index is 12.7. The van der Waals surface area contributed by atoms with Crippen LogP contribution >= 0.6 is 0 Å². The molecule has 1 saturated carbocycles. The van der Waals surface area contributed by atoms with Gasteiger partial charge in [-0.15, -0.1) is 0 Å². The van der Waals surface area contributed by atoms with Gasteiger partial charge in [0.25, 0.3) is 0 Å². The first-order chi connectivity index (χ1) is 11.1. The molecular formula is C16H29N3O3S. The van der Waals surface area contributed by atoms with Crippen molar-refractivity contribution >= 4 is 15.9 Å². The first-order valence-corrected chi connectivity index (χ1v) is 10.6. The van der Waals surface area contributed by atoms with Crippen molar-refractivity contribution in [1.82, 2.24) is 14.9 Å². The Hall–Kier alpha value is -0.660. The van der Waals surface area contributed by atoms with Gasteiger partial charge in [-0.05, 0) is 45.1 Å². The van der Waals surface area contributed by atoms with E-state index in [-0.39, 0.29) is 17.9 Å². The van der Waals surface area contributed by atoms with Gasteiger partial charge in [0.1, 0.15) is 0 Å². The van der Waals surface area contributed by atoms with Gasteiger partial charge in [-0.3, -0.25) is 4.79 Å². The second kappa shape index (κ2) is 7.49. The molecule has 2 aliphatic heterocycles. The molecule has 6 nitrogen and oxygen atoms in total. The molecule has 132 valence electrons. The van der Waals surface area contributed by atoms with E-state index in [1.165, 1.54) is 0 Å². The highest BCUT2D eigenvalue weighted by atomic mass is 32.2. The van der Waals surface area contributed by atoms with Crippen LogP contribution < -0.4 is 10.0 Å². The number of likely N-dealkylation sites (tertiary alicyclic amines) is 1. The average molecular weight is 343 g/mol. The third-order valence-corrected chi connectivity index (χ3v) is 7.39. The first kappa shape index (κ1) is 17.2. The third kappa shape index (κ3) is 4.25. The summed E-state index contributed by atoms with van der Waals surface area (Å²) in [6.45, 7) is 2.75. The fraction of sp³-hybridized carbons (Fsp3) is 0.938. The highest BCUT2D eigenvalue weighted by Crippen LogP contribution is 2.28. The van der Waals surface area contributed by atoms with Gasteiger partial charge in [0.2, 0.25) is 15.9 Å². The van der Waals surface area contributed by atoms with Gasteiger partial charge in [0.15, 0.2) is 0 Å². The van der Waals surface area contributed by atoms with E-state index in [9.17, 15) is 13.2 Å². The second-order valence-electron chi connectivity index (χ2n) is 7.24. The summed E-state index contributed by atoms with van der Waals surface area (Å²) >= 11 is 0. The molecule has 2 saturated heterocycles. The number of hydrogen-bond acceptors (Lipinski definition) is 4. The molecule has 23 heavy (non-hydrogen) atoms. The van der Waals surface area contributed by atoms with Crippen LogP contribution in [0.2, 0.25) is 0 Å². The lowest BCUT2D eigenvalue weighted by Crippen LogP contribution is -2.53. The number of carbonyl (C=O) groups excluding carboxylic acids is 1. The third-order valence-electron chi connectivity index (χ3n) is 5.46. The van der Waals surface area contributed by atoms with Crippen molar-refractivity contribution < 1.29 is 13.2 Å². The largest absolute Gasteiger partial charge is 0.341 e. The van der Waals surface area contributed by atoms with Crippen LogP contribution in [0.4, 0.5) is 0 Å². The van der Waals surface area contributed by atoms with Crippen LogP contribution in [-0.2, 0) is 14.8 Å². The van der Waals surface area contributed by atoms with E-state index < -0.39 is 15.3 Å². The Morgan fingerprint density at radius 3 is 2.52 bits per heavy atom. The second-order valence-corrected chi connectivity index (χ2v) is 9.23. The maximum atomic E-state index is 12.7. The van der Waals surface area contributed by atoms with Gasteiger partial charge in [-0.2, -0.15) is 0 Å². The number of amides is 1. The van der Waals surface area contributed by atoms with Crippen LogP contribution in [0.25, 0.3) is 0 Å². The Morgan fingerprint density at radius 2 is 1.83 bits per heavy atom. The van der Waals surface area contributed by atoms with E-state index in [1.54, 1.807) is 0 Å². The van der Waals surface area contributed by atoms with E-state index in [4.69, 9.17) is 0 Å². The van der Waals surface area contributed by atoms with Crippen LogP contribution in [0.1, 0.15) is 51.4 Å². The minimum atomic E-state index is -3.36. The van der Waals surface area contributed by atoms with Crippen LogP contribution in [-0.4, -0.2) is 56.7 Å². The molecule has 1 unspecified atom stereocenters. The first-order valence-electron chi connectivity index (χ1n) is 9.07. The Morgan fingerprint density at radius 1 is 1.04 bits per heavy atom. The molecule has 0 radical (unpaired) electrons. The molecule has 3 aliphatic rings. The van der Waals surface area contributed by atoms with Crippen molar-refractivity contribution in [1.29, 1.82) is 0 Å². The fourth-order valence-corrected chi connectivity index (χ4v) is 5.81. The predicted molar refractivity (Wildman–Crippen MR) is 89.5 cm³/mol. The summed E-state index contributed by atoms with van der Waals surface area (Å²) in [5.74, 6) is 0.314. The molecule has 2 heterocycles. The molecule has 0 aromatic rings. The molecule has 0 aromatic carbocycles. The zero-order valence-corrected chi connectivity index (χ0v) is 14.6. The molecular weight excluding hydrogens is 314 g/mol. The van der Waals surface area contributed by atoms with E-state index >= 15 is 0 Å². The van der Waals surface area contributed by atoms with Crippen LogP contribution in [0, 0.1) is 5.92 Å². The van der Waals surface area contributed by atoms with E-state index in [0.29, 0.717) is 26.1 Å². The summed E-state index contributed by atoms with van der Waals surface area (Å²) in [6.07, 6.45) is 7.53. The van der Waals surface area contributed by atoms with E-state index in [0.717, 1.165) is 51.5 Å². The van der Waals surface area contributed by atoms with Gasteiger partial charge in [-0.1, -0.05) is 12.8 Å². The summed E-state index contributed by atoms with van der Waals surface area (Å²) in [6, 6.07) is -0.00494. The molecule has 2 N–H and O–H groups in total. The molecule has 3 rings (SSSR count). The van der Waals surface area contributed by atoms with Crippen LogP contribution in [0.15, 0.2) is 0 Å². The van der Waals surface area contributed by atoms with Crippen molar-refractivity contribution in [3.63, 3.8) is 0 Å². The van der Waals surface area contributed by atoms with Crippen molar-refractivity contribution in [3.05, 3.63) is 0 Å². The van der Waals surface area contributed by atoms with Gasteiger partial charge in [0, 0.05) is 31.6 Å². The lowest BCUT2D eigenvalue weighted by molar-refractivity contribution is -0.136. The maximum Gasteiger partial charge on any atom is 0.225 e. The molecule has 1 aliphatic carbocycles. The number of rotatable bonds is 4. The number of sulfonamides is 1. The van der Waals surface area contributed by atoms with Gasteiger partial charge in [-0.25, -0.2) is 13.1 Å². The zero-order chi connectivity index (χ0) is 16.3. The predicted octanol–water partition coefficient (Wildman–Crippen LogP) is 0.839. The molecule has 3 fully saturated rings. The number of piperidine rings is 2. The molecule has 0 spiro atoms. The van der Waals surface area contributed by atoms with Crippen molar-refractivity contribution in [2.45, 2.75) is 62.7 Å². The summed E-state index contributed by atoms with van der Waals surface area (Å²) < 4.78 is 28.2. The standard InChI is InChI=1S/C16H29N3O3S/c20-16(13-5-1-2-6-13)19-10-4-8-15(12-19)23(21,22)18-14-7-3-9-17-11-14/h13-15,17-18H,1-12H2/t14-,15?/m0/s1. The number of nitrogens with zero attached hydrogens (tertiary/aromatic N) is 1. The van der Waals surface area contributed by atoms with E-state index in [2.05, 4.69) is 10.0 Å². The van der Waals surface area contributed by atoms with Crippen LogP contribution in [0.5, 0.6) is 0 Å². The minimum Gasteiger partial charge on any atom is -0.341 e. The zero-order valence-electron chi connectivity index (χ0n) is 13.8. The molecule has 1 amide bonds. The normalized spacial score (nSPS) is 30.5. The lowest BCUT2D eigenvalue weighted by atomic mass is 10.0. The number of carbonyl (C=O) groups is 1. The quantitative estimate of drug-likeness (QED) is 0.793. The summed E-state index contributed by atoms with van der Waals surface area (Å²) in [5, 5.41) is 2.78. The molecule has 0 aromatic heterocycles. The van der Waals surface area contributed by atoms with Gasteiger partial charge < -0.3 is 10.2 Å². The smallest absolute Gasteiger partial charge is 0.225 e. The molecule has 0 bridgehead atoms. The average Bonchev–Trinajstić information content (AvgIpc) is 3.09. The van der Waals surface area contributed by atoms with Crippen LogP contribution in [0.3, 0.4) is 0 Å². The Kier molecular flexibility index (Phi) is 5.59. The Labute approximate surface area is 139 Å². The van der Waals surface area contributed by atoms with Crippen molar-refractivity contribution in [2.75, 3.05) is 26.2 Å². The van der Waals surface area contributed by atoms with E-state index in [1.807, 2.05) is 4.90 Å². The molecule has 7 heteroatoms. The van der Waals surface area contributed by atoms with Crippen molar-refractivity contribution in [2.24, 2.45) is 5.92 Å². The topological polar surface area (TPSA) is 78.5 Å². The summed E-state index contributed by atoms with van der Waals surface area (Å²) in [7, 11) is -3.36. The Balaban J connectivity index is 1.59. The minimum absolute atomic E-state index is 0.00494. The SMILES string of the molecule is O=C(C1CCCC1)N1CCCC(S(=O)(=O)N[C@H]2CCCNC2)C1. The Bertz CT molecular complexity index is 511. The number of hydrogen-bond donors (Lipinski definition) is 2. The van der Waals surface area contributed by atoms with Crippen molar-refractivity contribution in [3.8, 4) is 0 Å². The fourth-order valence-electron chi connectivity index (χ4n) is 4.10. The molecule has 2 atom stereocenters. The van der Waals surface area contributed by atoms with Gasteiger partial charge in [0.05, 0.1) is 5.25 Å². The number of nitrogens with one attached hydrogen (secondary N) is 2. The summed E-state index contributed by atoms with van der Waals surface area (Å²) in [5.41, 5.74) is 0. The van der Waals surface area contributed by atoms with Gasteiger partial charge >= 0.3 is 0 Å². The monoisotopic (exact) mass is 343 g/mol. The summed E-state index contributed by atoms with van der Waals surface area (Å²) in [4.78, 5) is 14.4. The lowest BCUT2D eigenvalue weighted by Gasteiger charge is -2.35.